The number of halogens is 3. The van der Waals surface area contributed by atoms with Gasteiger partial charge < -0.3 is 14.5 Å². The van der Waals surface area contributed by atoms with Crippen molar-refractivity contribution in [1.29, 1.82) is 0 Å². The van der Waals surface area contributed by atoms with E-state index < -0.39 is 29.0 Å². The molecule has 0 amide bonds. The molecule has 0 atom stereocenters. The van der Waals surface area contributed by atoms with E-state index in [2.05, 4.69) is 9.72 Å². The zero-order valence-electron chi connectivity index (χ0n) is 12.2. The van der Waals surface area contributed by atoms with Gasteiger partial charge >= 0.3 is 12.1 Å². The molecule has 0 spiro atoms. The van der Waals surface area contributed by atoms with Gasteiger partial charge in [-0.25, -0.2) is 4.79 Å². The first-order valence-electron chi connectivity index (χ1n) is 6.72. The highest BCUT2D eigenvalue weighted by Gasteiger charge is 2.38. The summed E-state index contributed by atoms with van der Waals surface area (Å²) in [5, 5.41) is 0. The van der Waals surface area contributed by atoms with E-state index in [1.807, 2.05) is 0 Å². The fraction of sp³-hybridized carbons (Fsp3) is 0.125. The molecule has 124 valence electrons. The normalized spacial score (nSPS) is 13.1. The van der Waals surface area contributed by atoms with E-state index in [4.69, 9.17) is 4.74 Å². The van der Waals surface area contributed by atoms with Crippen LogP contribution in [0.3, 0.4) is 0 Å². The Morgan fingerprint density at radius 1 is 1.17 bits per heavy atom. The number of nitrogens with one attached hydrogen (secondary N) is 1. The number of aromatic nitrogens is 1. The number of methoxy groups -OCH3 is 1. The topological polar surface area (TPSA) is 68.4 Å². The quantitative estimate of drug-likeness (QED) is 0.810. The number of aromatic amines is 1. The molecule has 2 aromatic rings. The number of hydrogen-bond acceptors (Lipinski definition) is 4. The lowest BCUT2D eigenvalue weighted by atomic mass is 10.1. The summed E-state index contributed by atoms with van der Waals surface area (Å²) in [6.45, 7) is 0. The molecule has 0 bridgehead atoms. The van der Waals surface area contributed by atoms with Gasteiger partial charge in [0.1, 0.15) is 5.75 Å². The van der Waals surface area contributed by atoms with Crippen LogP contribution in [0.15, 0.2) is 35.1 Å². The predicted molar refractivity (Wildman–Crippen MR) is 78.8 cm³/mol. The molecular weight excluding hydrogens is 327 g/mol. The predicted octanol–water partition coefficient (Wildman–Crippen LogP) is 3.37. The summed E-state index contributed by atoms with van der Waals surface area (Å²) in [6, 6.07) is 6.13. The Morgan fingerprint density at radius 2 is 1.92 bits per heavy atom. The van der Waals surface area contributed by atoms with Gasteiger partial charge in [0.15, 0.2) is 5.75 Å². The summed E-state index contributed by atoms with van der Waals surface area (Å²) in [5.74, 6) is -0.767. The van der Waals surface area contributed by atoms with E-state index in [9.17, 15) is 22.8 Å². The second-order valence-corrected chi connectivity index (χ2v) is 4.96. The number of H-pyrrole nitrogens is 1. The van der Waals surface area contributed by atoms with Crippen molar-refractivity contribution in [2.45, 2.75) is 6.18 Å². The summed E-state index contributed by atoms with van der Waals surface area (Å²) in [7, 11) is 1.19. The maximum atomic E-state index is 13.4. The summed E-state index contributed by atoms with van der Waals surface area (Å²) in [6.07, 6.45) is -3.84. The summed E-state index contributed by atoms with van der Waals surface area (Å²) in [4.78, 5) is 25.1. The Balaban J connectivity index is 2.25. The molecule has 1 aliphatic heterocycles. The van der Waals surface area contributed by atoms with Crippen molar-refractivity contribution in [3.8, 4) is 11.5 Å². The number of pyridine rings is 1. The lowest BCUT2D eigenvalue weighted by Gasteiger charge is -2.12. The van der Waals surface area contributed by atoms with Crippen LogP contribution in [0.5, 0.6) is 11.5 Å². The van der Waals surface area contributed by atoms with E-state index in [1.54, 1.807) is 0 Å². The van der Waals surface area contributed by atoms with Crippen LogP contribution in [0.25, 0.3) is 11.6 Å². The van der Waals surface area contributed by atoms with Gasteiger partial charge in [0.25, 0.3) is 0 Å². The third-order valence-electron chi connectivity index (χ3n) is 3.41. The summed E-state index contributed by atoms with van der Waals surface area (Å²) >= 11 is 0. The maximum Gasteiger partial charge on any atom is 0.418 e. The zero-order valence-corrected chi connectivity index (χ0v) is 12.2. The molecule has 8 heteroatoms. The third-order valence-corrected chi connectivity index (χ3v) is 3.41. The number of esters is 1. The van der Waals surface area contributed by atoms with Crippen molar-refractivity contribution < 1.29 is 27.4 Å². The highest BCUT2D eigenvalue weighted by atomic mass is 19.4. The minimum absolute atomic E-state index is 0.0467. The van der Waals surface area contributed by atoms with Crippen LogP contribution in [0.2, 0.25) is 0 Å². The number of carbonyl (C=O) groups excluding carboxylic acids is 1. The molecule has 0 aliphatic carbocycles. The van der Waals surface area contributed by atoms with Crippen molar-refractivity contribution in [3.05, 3.63) is 57.5 Å². The molecule has 1 aromatic carbocycles. The first kappa shape index (κ1) is 15.9. The van der Waals surface area contributed by atoms with Gasteiger partial charge in [0, 0.05) is 11.6 Å². The molecule has 0 unspecified atom stereocenters. The van der Waals surface area contributed by atoms with Gasteiger partial charge in [-0.2, -0.15) is 13.2 Å². The van der Waals surface area contributed by atoms with E-state index in [0.29, 0.717) is 0 Å². The smallest absolute Gasteiger partial charge is 0.418 e. The Kier molecular flexibility index (Phi) is 3.67. The lowest BCUT2D eigenvalue weighted by Crippen LogP contribution is -2.15. The Hall–Kier alpha value is -3.03. The van der Waals surface area contributed by atoms with Gasteiger partial charge in [0.05, 0.1) is 23.9 Å². The molecule has 1 N–H and O–H groups in total. The van der Waals surface area contributed by atoms with Crippen molar-refractivity contribution in [3.63, 3.8) is 0 Å². The standard InChI is InChI=1S/C16H10F3NO4/c1-23-15(22)9-3-2-8-6-10(16(17,18)19)14-11(24-12(8)7-9)4-5-13(21)20-14/h2-7H,1H3,(H,20,21). The van der Waals surface area contributed by atoms with Crippen molar-refractivity contribution in [2.24, 2.45) is 0 Å². The van der Waals surface area contributed by atoms with E-state index >= 15 is 0 Å². The maximum absolute atomic E-state index is 13.4. The van der Waals surface area contributed by atoms with Crippen molar-refractivity contribution in [1.82, 2.24) is 4.98 Å². The minimum Gasteiger partial charge on any atom is -0.465 e. The minimum atomic E-state index is -4.70. The number of ether oxygens (including phenoxy) is 2. The van der Waals surface area contributed by atoms with Gasteiger partial charge in [-0.3, -0.25) is 4.79 Å². The monoisotopic (exact) mass is 337 g/mol. The second kappa shape index (κ2) is 5.55. The fourth-order valence-electron chi connectivity index (χ4n) is 2.30. The SMILES string of the molecule is COC(=O)c1ccc2c(c1)Oc1ccc(=O)[nH]c1C(C(F)(F)F)=C2. The molecule has 5 nitrogen and oxygen atoms in total. The molecule has 24 heavy (non-hydrogen) atoms. The van der Waals surface area contributed by atoms with Gasteiger partial charge in [-0.15, -0.1) is 0 Å². The largest absolute Gasteiger partial charge is 0.465 e. The first-order chi connectivity index (χ1) is 11.3. The highest BCUT2D eigenvalue weighted by molar-refractivity contribution is 5.92. The molecular formula is C16H10F3NO4. The summed E-state index contributed by atoms with van der Waals surface area (Å²) < 4.78 is 50.2. The number of hydrogen-bond donors (Lipinski definition) is 1. The molecule has 2 heterocycles. The van der Waals surface area contributed by atoms with Crippen LogP contribution in [-0.4, -0.2) is 24.2 Å². The molecule has 1 aromatic heterocycles. The number of alkyl halides is 3. The van der Waals surface area contributed by atoms with Gasteiger partial charge in [-0.05, 0) is 24.3 Å². The molecule has 0 fully saturated rings. The van der Waals surface area contributed by atoms with Crippen LogP contribution in [0.1, 0.15) is 21.6 Å². The van der Waals surface area contributed by atoms with Crippen molar-refractivity contribution >= 4 is 17.6 Å². The molecule has 0 radical (unpaired) electrons. The van der Waals surface area contributed by atoms with E-state index in [1.165, 1.54) is 25.3 Å². The number of allylic oxidation sites excluding steroid dienone is 1. The number of carbonyl (C=O) groups is 1. The molecule has 0 saturated carbocycles. The van der Waals surface area contributed by atoms with Gasteiger partial charge in [-0.1, -0.05) is 6.07 Å². The number of benzene rings is 1. The van der Waals surface area contributed by atoms with Crippen LogP contribution < -0.4 is 10.3 Å². The van der Waals surface area contributed by atoms with Gasteiger partial charge in [0.2, 0.25) is 5.56 Å². The first-order valence-corrected chi connectivity index (χ1v) is 6.72. The molecule has 0 saturated heterocycles. The molecule has 3 rings (SSSR count). The fourth-order valence-corrected chi connectivity index (χ4v) is 2.30. The van der Waals surface area contributed by atoms with E-state index in [0.717, 1.165) is 18.2 Å². The summed E-state index contributed by atoms with van der Waals surface area (Å²) in [5.41, 5.74) is -1.95. The van der Waals surface area contributed by atoms with Crippen LogP contribution in [0, 0.1) is 0 Å². The Bertz CT molecular complexity index is 912. The van der Waals surface area contributed by atoms with E-state index in [-0.39, 0.29) is 22.6 Å². The average molecular weight is 337 g/mol. The Morgan fingerprint density at radius 3 is 2.58 bits per heavy atom. The highest BCUT2D eigenvalue weighted by Crippen LogP contribution is 2.43. The third kappa shape index (κ3) is 2.78. The Labute approximate surface area is 133 Å². The average Bonchev–Trinajstić information content (AvgIpc) is 2.69. The molecule has 1 aliphatic rings. The van der Waals surface area contributed by atoms with Crippen LogP contribution in [0.4, 0.5) is 13.2 Å². The van der Waals surface area contributed by atoms with Crippen LogP contribution >= 0.6 is 0 Å². The number of rotatable bonds is 1. The lowest BCUT2D eigenvalue weighted by molar-refractivity contribution is -0.0686. The van der Waals surface area contributed by atoms with Crippen LogP contribution in [-0.2, 0) is 4.74 Å². The van der Waals surface area contributed by atoms with Crippen molar-refractivity contribution in [2.75, 3.05) is 7.11 Å². The second-order valence-electron chi connectivity index (χ2n) is 4.96. The zero-order chi connectivity index (χ0) is 17.5. The number of fused-ring (bicyclic) bond motifs is 2.